The van der Waals surface area contributed by atoms with Crippen LogP contribution in [0.15, 0.2) is 42.5 Å². The molecule has 6 heteroatoms. The van der Waals surface area contributed by atoms with Gasteiger partial charge in [0.1, 0.15) is 17.0 Å². The van der Waals surface area contributed by atoms with Gasteiger partial charge < -0.3 is 15.0 Å². The first-order valence-corrected chi connectivity index (χ1v) is 10.2. The van der Waals surface area contributed by atoms with Gasteiger partial charge in [0.2, 0.25) is 5.91 Å². The summed E-state index contributed by atoms with van der Waals surface area (Å²) in [6.07, 6.45) is 2.75. The highest BCUT2D eigenvalue weighted by Crippen LogP contribution is 2.46. The van der Waals surface area contributed by atoms with E-state index in [1.165, 1.54) is 0 Å². The molecule has 0 aliphatic carbocycles. The normalized spacial score (nSPS) is 19.9. The summed E-state index contributed by atoms with van der Waals surface area (Å²) in [6, 6.07) is 13.5. The van der Waals surface area contributed by atoms with Gasteiger partial charge in [0.05, 0.1) is 0 Å². The molecule has 1 saturated heterocycles. The average molecular weight is 393 g/mol. The number of hydrogen-bond donors (Lipinski definition) is 1. The Morgan fingerprint density at radius 3 is 2.66 bits per heavy atom. The third-order valence-corrected chi connectivity index (χ3v) is 6.08. The van der Waals surface area contributed by atoms with E-state index in [1.54, 1.807) is 13.1 Å². The number of rotatable bonds is 3. The minimum atomic E-state index is -0.330. The topological polar surface area (TPSA) is 71.5 Å². The Morgan fingerprint density at radius 2 is 1.93 bits per heavy atom. The van der Waals surface area contributed by atoms with Crippen LogP contribution in [0.3, 0.4) is 0 Å². The first-order valence-electron chi connectivity index (χ1n) is 10.2. The Bertz CT molecular complexity index is 919. The molecule has 152 valence electrons. The number of carbonyl (C=O) groups excluding carboxylic acids is 2. The first kappa shape index (κ1) is 19.4. The van der Waals surface area contributed by atoms with Gasteiger partial charge in [-0.25, -0.2) is 4.98 Å². The quantitative estimate of drug-likeness (QED) is 0.870. The molecule has 1 atom stereocenters. The van der Waals surface area contributed by atoms with E-state index in [9.17, 15) is 9.59 Å². The molecule has 0 bridgehead atoms. The average Bonchev–Trinajstić information content (AvgIpc) is 2.73. The molecule has 1 aromatic carbocycles. The second-order valence-electron chi connectivity index (χ2n) is 8.06. The number of piperidine rings is 1. The number of para-hydroxylation sites is 1. The maximum atomic E-state index is 12.8. The smallest absolute Gasteiger partial charge is 0.272 e. The summed E-state index contributed by atoms with van der Waals surface area (Å²) < 4.78 is 6.47. The van der Waals surface area contributed by atoms with Crippen molar-refractivity contribution < 1.29 is 14.3 Å². The molecule has 2 aliphatic rings. The molecule has 1 N–H and O–H groups in total. The van der Waals surface area contributed by atoms with Crippen LogP contribution in [-0.4, -0.2) is 47.4 Å². The van der Waals surface area contributed by atoms with Crippen LogP contribution in [0.1, 0.15) is 53.3 Å². The van der Waals surface area contributed by atoms with Crippen LogP contribution < -0.4 is 10.1 Å². The van der Waals surface area contributed by atoms with E-state index in [4.69, 9.17) is 4.74 Å². The van der Waals surface area contributed by atoms with Gasteiger partial charge in [-0.2, -0.15) is 0 Å². The zero-order valence-electron chi connectivity index (χ0n) is 17.0. The molecular weight excluding hydrogens is 366 g/mol. The van der Waals surface area contributed by atoms with Gasteiger partial charge in [-0.05, 0) is 37.1 Å². The van der Waals surface area contributed by atoms with E-state index in [1.807, 2.05) is 42.2 Å². The van der Waals surface area contributed by atoms with Gasteiger partial charge in [0.25, 0.3) is 5.91 Å². The van der Waals surface area contributed by atoms with E-state index >= 15 is 0 Å². The molecule has 0 saturated carbocycles. The standard InChI is InChI=1S/C23H27N3O3/c1-16-6-5-8-19(25-16)22(28)26-12-10-23(11-13-26)15-17(14-21(27)24-2)18-7-3-4-9-20(18)29-23/h3-9,17H,10-15H2,1-2H3,(H,24,27)/t17-/m1/s1. The number of pyridine rings is 1. The number of ether oxygens (including phenoxy) is 1. The number of aromatic nitrogens is 1. The van der Waals surface area contributed by atoms with Crippen LogP contribution in [0.2, 0.25) is 0 Å². The molecule has 4 rings (SSSR count). The van der Waals surface area contributed by atoms with E-state index in [2.05, 4.69) is 16.4 Å². The van der Waals surface area contributed by atoms with Crippen LogP contribution in [0.4, 0.5) is 0 Å². The molecule has 2 aromatic rings. The van der Waals surface area contributed by atoms with E-state index in [-0.39, 0.29) is 23.3 Å². The number of aryl methyl sites for hydroxylation is 1. The lowest BCUT2D eigenvalue weighted by atomic mass is 9.76. The zero-order valence-corrected chi connectivity index (χ0v) is 17.0. The molecule has 2 amide bonds. The molecule has 1 fully saturated rings. The molecule has 0 radical (unpaired) electrons. The summed E-state index contributed by atoms with van der Waals surface area (Å²) in [5.41, 5.74) is 2.11. The Morgan fingerprint density at radius 1 is 1.17 bits per heavy atom. The monoisotopic (exact) mass is 393 g/mol. The lowest BCUT2D eigenvalue weighted by Crippen LogP contribution is -2.52. The van der Waals surface area contributed by atoms with Crippen molar-refractivity contribution in [3.8, 4) is 5.75 Å². The summed E-state index contributed by atoms with van der Waals surface area (Å²) in [5.74, 6) is 1.01. The highest BCUT2D eigenvalue weighted by atomic mass is 16.5. The van der Waals surface area contributed by atoms with Gasteiger partial charge in [-0.3, -0.25) is 9.59 Å². The van der Waals surface area contributed by atoms with Gasteiger partial charge in [-0.15, -0.1) is 0 Å². The highest BCUT2D eigenvalue weighted by molar-refractivity contribution is 5.92. The maximum Gasteiger partial charge on any atom is 0.272 e. The van der Waals surface area contributed by atoms with Crippen molar-refractivity contribution in [3.63, 3.8) is 0 Å². The zero-order chi connectivity index (χ0) is 20.4. The molecule has 3 heterocycles. The second kappa shape index (κ2) is 7.85. The SMILES string of the molecule is CNC(=O)C[C@@H]1CC2(CCN(C(=O)c3cccc(C)n3)CC2)Oc2ccccc21. The summed E-state index contributed by atoms with van der Waals surface area (Å²) in [6.45, 7) is 3.15. The molecule has 29 heavy (non-hydrogen) atoms. The molecule has 1 aromatic heterocycles. The third-order valence-electron chi connectivity index (χ3n) is 6.08. The third kappa shape index (κ3) is 3.97. The number of fused-ring (bicyclic) bond motifs is 1. The number of likely N-dealkylation sites (tertiary alicyclic amines) is 1. The molecule has 6 nitrogen and oxygen atoms in total. The van der Waals surface area contributed by atoms with Crippen LogP contribution in [0.25, 0.3) is 0 Å². The highest BCUT2D eigenvalue weighted by Gasteiger charge is 2.44. The lowest BCUT2D eigenvalue weighted by molar-refractivity contribution is -0.121. The molecule has 1 spiro atoms. The Balaban J connectivity index is 1.50. The Kier molecular flexibility index (Phi) is 5.26. The van der Waals surface area contributed by atoms with E-state index < -0.39 is 0 Å². The predicted molar refractivity (Wildman–Crippen MR) is 110 cm³/mol. The summed E-state index contributed by atoms with van der Waals surface area (Å²) in [4.78, 5) is 31.1. The maximum absolute atomic E-state index is 12.8. The number of amides is 2. The number of nitrogens with zero attached hydrogens (tertiary/aromatic N) is 2. The van der Waals surface area contributed by atoms with Crippen molar-refractivity contribution in [1.29, 1.82) is 0 Å². The van der Waals surface area contributed by atoms with Crippen molar-refractivity contribution in [2.45, 2.75) is 44.1 Å². The van der Waals surface area contributed by atoms with Gasteiger partial charge in [0, 0.05) is 51.0 Å². The van der Waals surface area contributed by atoms with Crippen LogP contribution >= 0.6 is 0 Å². The summed E-state index contributed by atoms with van der Waals surface area (Å²) >= 11 is 0. The summed E-state index contributed by atoms with van der Waals surface area (Å²) in [7, 11) is 1.67. The molecular formula is C23H27N3O3. The number of hydrogen-bond acceptors (Lipinski definition) is 4. The molecule has 2 aliphatic heterocycles. The van der Waals surface area contributed by atoms with E-state index in [0.29, 0.717) is 25.2 Å². The minimum Gasteiger partial charge on any atom is -0.487 e. The molecule has 0 unspecified atom stereocenters. The number of benzene rings is 1. The van der Waals surface area contributed by atoms with Crippen molar-refractivity contribution in [2.75, 3.05) is 20.1 Å². The van der Waals surface area contributed by atoms with Gasteiger partial charge >= 0.3 is 0 Å². The van der Waals surface area contributed by atoms with Crippen molar-refractivity contribution in [1.82, 2.24) is 15.2 Å². The second-order valence-corrected chi connectivity index (χ2v) is 8.06. The van der Waals surface area contributed by atoms with Crippen molar-refractivity contribution in [2.24, 2.45) is 0 Å². The lowest BCUT2D eigenvalue weighted by Gasteiger charge is -2.46. The number of carbonyl (C=O) groups is 2. The van der Waals surface area contributed by atoms with Crippen LogP contribution in [0.5, 0.6) is 5.75 Å². The van der Waals surface area contributed by atoms with E-state index in [0.717, 1.165) is 36.3 Å². The predicted octanol–water partition coefficient (Wildman–Crippen LogP) is 3.07. The fourth-order valence-corrected chi connectivity index (χ4v) is 4.50. The fourth-order valence-electron chi connectivity index (χ4n) is 4.50. The Labute approximate surface area is 171 Å². The fraction of sp³-hybridized carbons (Fsp3) is 0.435. The first-order chi connectivity index (χ1) is 14.0. The largest absolute Gasteiger partial charge is 0.487 e. The van der Waals surface area contributed by atoms with Crippen molar-refractivity contribution >= 4 is 11.8 Å². The summed E-state index contributed by atoms with van der Waals surface area (Å²) in [5, 5.41) is 2.74. The van der Waals surface area contributed by atoms with Crippen molar-refractivity contribution in [3.05, 3.63) is 59.4 Å². The van der Waals surface area contributed by atoms with Gasteiger partial charge in [0.15, 0.2) is 0 Å². The van der Waals surface area contributed by atoms with Crippen LogP contribution in [0, 0.1) is 6.92 Å². The minimum absolute atomic E-state index is 0.0262. The van der Waals surface area contributed by atoms with Crippen LogP contribution in [-0.2, 0) is 4.79 Å². The number of nitrogens with one attached hydrogen (secondary N) is 1. The van der Waals surface area contributed by atoms with Gasteiger partial charge in [-0.1, -0.05) is 24.3 Å². The Hall–Kier alpha value is -2.89.